The molecule has 0 atom stereocenters. The normalized spacial score (nSPS) is 12.6. The summed E-state index contributed by atoms with van der Waals surface area (Å²) in [5.74, 6) is 1.12. The van der Waals surface area contributed by atoms with Crippen LogP contribution in [0, 0.1) is 6.92 Å². The van der Waals surface area contributed by atoms with Gasteiger partial charge in [-0.2, -0.15) is 8.78 Å². The first kappa shape index (κ1) is 21.2. The summed E-state index contributed by atoms with van der Waals surface area (Å²) in [5.41, 5.74) is 3.93. The lowest BCUT2D eigenvalue weighted by Crippen LogP contribution is -3.00. The fourth-order valence-electron chi connectivity index (χ4n) is 3.67. The number of hydrogen-bond donors (Lipinski definition) is 0. The number of halogens is 3. The Kier molecular flexibility index (Phi) is 6.47. The molecule has 3 aromatic rings. The molecule has 0 spiro atoms. The van der Waals surface area contributed by atoms with Crippen LogP contribution in [0.5, 0.6) is 5.75 Å². The Labute approximate surface area is 178 Å². The number of nitrogens with zero attached hydrogens (tertiary/aromatic N) is 2. The highest BCUT2D eigenvalue weighted by atomic mass is 79.9. The van der Waals surface area contributed by atoms with Crippen molar-refractivity contribution in [3.05, 3.63) is 71.7 Å². The minimum Gasteiger partial charge on any atom is -1.00 e. The molecule has 1 aromatic heterocycles. The maximum Gasteiger partial charge on any atom is 0.387 e. The number of benzene rings is 2. The van der Waals surface area contributed by atoms with Gasteiger partial charge in [0.1, 0.15) is 11.9 Å². The molecule has 152 valence electrons. The number of ketones is 1. The lowest BCUT2D eigenvalue weighted by Gasteiger charge is -2.05. The highest BCUT2D eigenvalue weighted by molar-refractivity contribution is 5.95. The first-order valence-corrected chi connectivity index (χ1v) is 9.28. The van der Waals surface area contributed by atoms with Crippen LogP contribution in [0.4, 0.5) is 8.78 Å². The van der Waals surface area contributed by atoms with Crippen LogP contribution in [0.2, 0.25) is 0 Å². The Morgan fingerprint density at radius 3 is 2.48 bits per heavy atom. The van der Waals surface area contributed by atoms with Crippen molar-refractivity contribution < 1.29 is 39.9 Å². The zero-order chi connectivity index (χ0) is 19.7. The molecule has 4 nitrogen and oxygen atoms in total. The summed E-state index contributed by atoms with van der Waals surface area (Å²) < 4.78 is 33.1. The number of carbonyl (C=O) groups excluding carboxylic acids is 1. The summed E-state index contributed by atoms with van der Waals surface area (Å²) in [6, 6.07) is 14.2. The van der Waals surface area contributed by atoms with Crippen molar-refractivity contribution in [1.29, 1.82) is 0 Å². The number of carbonyl (C=O) groups is 1. The van der Waals surface area contributed by atoms with Gasteiger partial charge >= 0.3 is 6.61 Å². The number of imidazole rings is 1. The van der Waals surface area contributed by atoms with Gasteiger partial charge in [-0.3, -0.25) is 4.79 Å². The van der Waals surface area contributed by atoms with Crippen molar-refractivity contribution in [3.8, 4) is 17.0 Å². The van der Waals surface area contributed by atoms with E-state index >= 15 is 0 Å². The van der Waals surface area contributed by atoms with E-state index in [2.05, 4.69) is 40.5 Å². The Balaban J connectivity index is 0.00000240. The maximum absolute atomic E-state index is 12.7. The molecule has 7 heteroatoms. The molecule has 2 aromatic carbocycles. The number of aromatic nitrogens is 2. The van der Waals surface area contributed by atoms with Crippen LogP contribution in [0.25, 0.3) is 11.3 Å². The van der Waals surface area contributed by atoms with Crippen molar-refractivity contribution >= 4 is 5.78 Å². The van der Waals surface area contributed by atoms with Gasteiger partial charge in [-0.15, -0.1) is 0 Å². The van der Waals surface area contributed by atoms with Gasteiger partial charge in [-0.05, 0) is 37.6 Å². The van der Waals surface area contributed by atoms with Crippen LogP contribution in [-0.2, 0) is 19.5 Å². The van der Waals surface area contributed by atoms with Gasteiger partial charge in [0.2, 0.25) is 5.78 Å². The average molecular weight is 463 g/mol. The fraction of sp³-hybridized carbons (Fsp3) is 0.273. The van der Waals surface area contributed by atoms with E-state index in [9.17, 15) is 13.6 Å². The van der Waals surface area contributed by atoms with Crippen LogP contribution in [-0.4, -0.2) is 17.0 Å². The predicted molar refractivity (Wildman–Crippen MR) is 101 cm³/mol. The molecule has 4 rings (SSSR count). The highest BCUT2D eigenvalue weighted by Crippen LogP contribution is 2.25. The minimum atomic E-state index is -2.87. The fourth-order valence-corrected chi connectivity index (χ4v) is 3.67. The van der Waals surface area contributed by atoms with Gasteiger partial charge in [0.25, 0.3) is 5.82 Å². The second kappa shape index (κ2) is 8.86. The number of fused-ring (bicyclic) bond motifs is 1. The van der Waals surface area contributed by atoms with Gasteiger partial charge in [-0.1, -0.05) is 29.8 Å². The van der Waals surface area contributed by atoms with E-state index in [-0.39, 0.29) is 35.1 Å². The summed E-state index contributed by atoms with van der Waals surface area (Å²) in [7, 11) is 0. The Hall–Kier alpha value is -2.54. The molecule has 1 aliphatic rings. The van der Waals surface area contributed by atoms with Gasteiger partial charge in [0.15, 0.2) is 12.2 Å². The standard InChI is InChI=1S/C22H21F2N2O2.BrH/c1-15-4-6-16(7-5-15)19-13-25(21-3-2-12-26(19)21)14-20(27)17-8-10-18(11-9-17)28-22(23)24;/h4-11,13,22H,2-3,12,14H2,1H3;1H/q+1;/p-1. The predicted octanol–water partition coefficient (Wildman–Crippen LogP) is 1.19. The Morgan fingerprint density at radius 2 is 1.83 bits per heavy atom. The molecule has 0 radical (unpaired) electrons. The van der Waals surface area contributed by atoms with Crippen molar-refractivity contribution in [3.63, 3.8) is 0 Å². The molecular weight excluding hydrogens is 442 g/mol. The van der Waals surface area contributed by atoms with Gasteiger partial charge in [0, 0.05) is 11.1 Å². The van der Waals surface area contributed by atoms with Gasteiger partial charge in [-0.25, -0.2) is 9.13 Å². The van der Waals surface area contributed by atoms with E-state index in [0.717, 1.165) is 36.5 Å². The summed E-state index contributed by atoms with van der Waals surface area (Å²) in [6.45, 7) is 0.347. The monoisotopic (exact) mass is 462 g/mol. The number of rotatable bonds is 6. The molecule has 29 heavy (non-hydrogen) atoms. The molecule has 0 saturated heterocycles. The Bertz CT molecular complexity index is 999. The van der Waals surface area contributed by atoms with Crippen molar-refractivity contribution in [2.24, 2.45) is 0 Å². The number of alkyl halides is 2. The molecule has 1 aliphatic heterocycles. The molecular formula is C22H21BrF2N2O2. The number of hydrogen-bond acceptors (Lipinski definition) is 2. The molecule has 0 fully saturated rings. The smallest absolute Gasteiger partial charge is 0.387 e. The summed E-state index contributed by atoms with van der Waals surface area (Å²) in [5, 5.41) is 0. The van der Waals surface area contributed by atoms with Gasteiger partial charge in [0.05, 0.1) is 13.0 Å². The SMILES string of the molecule is Cc1ccc(-c2c[n+](CC(=O)c3ccc(OC(F)F)cc3)c3n2CCC3)cc1.[Br-]. The summed E-state index contributed by atoms with van der Waals surface area (Å²) in [4.78, 5) is 12.7. The van der Waals surface area contributed by atoms with E-state index in [1.807, 2.05) is 10.8 Å². The Morgan fingerprint density at radius 1 is 1.14 bits per heavy atom. The summed E-state index contributed by atoms with van der Waals surface area (Å²) >= 11 is 0. The van der Waals surface area contributed by atoms with Crippen LogP contribution in [0.3, 0.4) is 0 Å². The number of aryl methyl sites for hydroxylation is 1. The van der Waals surface area contributed by atoms with Crippen LogP contribution in [0.15, 0.2) is 54.7 Å². The van der Waals surface area contributed by atoms with Crippen molar-refractivity contribution in [1.82, 2.24) is 4.57 Å². The van der Waals surface area contributed by atoms with E-state index in [4.69, 9.17) is 0 Å². The summed E-state index contributed by atoms with van der Waals surface area (Å²) in [6.07, 6.45) is 4.02. The third-order valence-corrected chi connectivity index (χ3v) is 5.06. The molecule has 0 aliphatic carbocycles. The minimum absolute atomic E-state index is 0. The molecule has 0 bridgehead atoms. The van der Waals surface area contributed by atoms with Crippen LogP contribution >= 0.6 is 0 Å². The molecule has 0 unspecified atom stereocenters. The highest BCUT2D eigenvalue weighted by Gasteiger charge is 2.29. The van der Waals surface area contributed by atoms with E-state index < -0.39 is 6.61 Å². The van der Waals surface area contributed by atoms with Crippen LogP contribution in [0.1, 0.15) is 28.2 Å². The third kappa shape index (κ3) is 4.56. The number of Topliss-reactive ketones (excluding diaryl/α,β-unsaturated/α-hetero) is 1. The first-order valence-electron chi connectivity index (χ1n) is 9.28. The largest absolute Gasteiger partial charge is 1.00 e. The average Bonchev–Trinajstić information content (AvgIpc) is 3.26. The van der Waals surface area contributed by atoms with E-state index in [1.165, 1.54) is 29.8 Å². The lowest BCUT2D eigenvalue weighted by molar-refractivity contribution is -0.689. The topological polar surface area (TPSA) is 35.1 Å². The zero-order valence-electron chi connectivity index (χ0n) is 15.9. The third-order valence-electron chi connectivity index (χ3n) is 5.06. The van der Waals surface area contributed by atoms with Crippen molar-refractivity contribution in [2.75, 3.05) is 0 Å². The van der Waals surface area contributed by atoms with Crippen molar-refractivity contribution in [2.45, 2.75) is 39.5 Å². The zero-order valence-corrected chi connectivity index (χ0v) is 17.5. The molecule has 0 saturated carbocycles. The molecule has 0 amide bonds. The first-order chi connectivity index (χ1) is 13.5. The lowest BCUT2D eigenvalue weighted by atomic mass is 10.1. The number of ether oxygens (including phenoxy) is 1. The van der Waals surface area contributed by atoms with E-state index in [1.54, 1.807) is 0 Å². The second-order valence-electron chi connectivity index (χ2n) is 7.01. The van der Waals surface area contributed by atoms with Crippen LogP contribution < -0.4 is 26.3 Å². The molecule has 2 heterocycles. The second-order valence-corrected chi connectivity index (χ2v) is 7.01. The molecule has 0 N–H and O–H groups in total. The van der Waals surface area contributed by atoms with E-state index in [0.29, 0.717) is 5.56 Å². The van der Waals surface area contributed by atoms with Gasteiger partial charge < -0.3 is 21.7 Å². The quantitative estimate of drug-likeness (QED) is 0.407. The maximum atomic E-state index is 12.7.